The molecule has 0 aliphatic heterocycles. The van der Waals surface area contributed by atoms with Crippen LogP contribution >= 0.6 is 7.60 Å². The first-order chi connectivity index (χ1) is 12.8. The van der Waals surface area contributed by atoms with Gasteiger partial charge in [0.15, 0.2) is 5.78 Å². The zero-order valence-corrected chi connectivity index (χ0v) is 16.9. The number of halogens is 1. The van der Waals surface area contributed by atoms with Gasteiger partial charge in [0.05, 0.1) is 19.4 Å². The summed E-state index contributed by atoms with van der Waals surface area (Å²) in [6.45, 7) is 4.98. The summed E-state index contributed by atoms with van der Waals surface area (Å²) in [5.74, 6) is 4.90. The van der Waals surface area contributed by atoms with Crippen molar-refractivity contribution in [3.05, 3.63) is 46.7 Å². The first-order valence-electron chi connectivity index (χ1n) is 8.82. The third-order valence-corrected chi connectivity index (χ3v) is 5.73. The lowest BCUT2D eigenvalue weighted by atomic mass is 10.0. The van der Waals surface area contributed by atoms with E-state index >= 15 is 0 Å². The fraction of sp³-hybridized carbons (Fsp3) is 0.450. The fourth-order valence-electron chi connectivity index (χ4n) is 2.26. The van der Waals surface area contributed by atoms with Gasteiger partial charge in [0.2, 0.25) is 0 Å². The van der Waals surface area contributed by atoms with Crippen LogP contribution in [0.5, 0.6) is 0 Å². The Kier molecular flexibility index (Phi) is 10.0. The number of carbonyl (C=O) groups is 1. The summed E-state index contributed by atoms with van der Waals surface area (Å²) in [5.41, 5.74) is 1.89. The molecule has 7 heteroatoms. The molecule has 1 aromatic rings. The summed E-state index contributed by atoms with van der Waals surface area (Å²) < 4.78 is 35.1. The van der Waals surface area contributed by atoms with Gasteiger partial charge in [-0.15, -0.1) is 0 Å². The van der Waals surface area contributed by atoms with E-state index in [9.17, 15) is 13.8 Å². The molecule has 0 fully saturated rings. The molecule has 27 heavy (non-hydrogen) atoms. The Bertz CT molecular complexity index is 766. The zero-order chi connectivity index (χ0) is 20.3. The average Bonchev–Trinajstić information content (AvgIpc) is 2.63. The van der Waals surface area contributed by atoms with Gasteiger partial charge < -0.3 is 14.2 Å². The van der Waals surface area contributed by atoms with Gasteiger partial charge in [-0.1, -0.05) is 24.0 Å². The molecular formula is C20H26FO5P. The lowest BCUT2D eigenvalue weighted by Gasteiger charge is -2.15. The van der Waals surface area contributed by atoms with Crippen LogP contribution in [0.3, 0.4) is 0 Å². The molecule has 0 aliphatic rings. The molecule has 0 aliphatic carbocycles. The standard InChI is InChI=1S/C20H26FO5P/c1-4-25-27(24,26-5-2)12-8-6-7-9-17-13-18(11-10-16(17)3)20(23)14-19(22)15-21/h10-11,13-14,22H,4-6,8,12,15H2,1-3H3/b19-14-. The van der Waals surface area contributed by atoms with E-state index < -0.39 is 25.8 Å². The van der Waals surface area contributed by atoms with Crippen LogP contribution in [0.2, 0.25) is 0 Å². The highest BCUT2D eigenvalue weighted by Crippen LogP contribution is 2.48. The molecule has 0 unspecified atom stereocenters. The van der Waals surface area contributed by atoms with E-state index in [0.717, 1.165) is 11.6 Å². The molecule has 1 aromatic carbocycles. The molecule has 0 saturated carbocycles. The number of aliphatic hydroxyl groups is 1. The van der Waals surface area contributed by atoms with Gasteiger partial charge in [0.25, 0.3) is 0 Å². The largest absolute Gasteiger partial charge is 0.509 e. The van der Waals surface area contributed by atoms with Gasteiger partial charge in [-0.25, -0.2) is 4.39 Å². The Morgan fingerprint density at radius 2 is 1.96 bits per heavy atom. The number of alkyl halides is 1. The third-order valence-electron chi connectivity index (χ3n) is 3.57. The van der Waals surface area contributed by atoms with E-state index in [2.05, 4.69) is 11.8 Å². The molecule has 0 radical (unpaired) electrons. The molecule has 0 bridgehead atoms. The number of rotatable bonds is 10. The predicted molar refractivity (Wildman–Crippen MR) is 104 cm³/mol. The number of aliphatic hydroxyl groups excluding tert-OH is 1. The number of carbonyl (C=O) groups excluding carboxylic acids is 1. The molecule has 1 rings (SSSR count). The topological polar surface area (TPSA) is 72.8 Å². The predicted octanol–water partition coefficient (Wildman–Crippen LogP) is 4.99. The van der Waals surface area contributed by atoms with E-state index in [0.29, 0.717) is 43.3 Å². The highest BCUT2D eigenvalue weighted by molar-refractivity contribution is 7.53. The molecule has 0 atom stereocenters. The summed E-state index contributed by atoms with van der Waals surface area (Å²) in [6.07, 6.45) is 2.23. The van der Waals surface area contributed by atoms with Gasteiger partial charge >= 0.3 is 7.60 Å². The zero-order valence-electron chi connectivity index (χ0n) is 16.0. The van der Waals surface area contributed by atoms with Crippen LogP contribution in [-0.2, 0) is 13.6 Å². The molecule has 0 saturated heterocycles. The molecule has 148 valence electrons. The SMILES string of the molecule is CCOP(=O)(CCCC#Cc1cc(C(=O)/C=C(\O)CF)ccc1C)OCC. The monoisotopic (exact) mass is 396 g/mol. The molecule has 0 spiro atoms. The van der Waals surface area contributed by atoms with Crippen molar-refractivity contribution >= 4 is 13.4 Å². The number of aryl methyl sites for hydroxylation is 1. The van der Waals surface area contributed by atoms with E-state index in [1.807, 2.05) is 6.92 Å². The molecule has 0 amide bonds. The lowest BCUT2D eigenvalue weighted by Crippen LogP contribution is -2.00. The van der Waals surface area contributed by atoms with Crippen molar-refractivity contribution in [2.75, 3.05) is 26.1 Å². The van der Waals surface area contributed by atoms with E-state index in [4.69, 9.17) is 14.2 Å². The van der Waals surface area contributed by atoms with E-state index in [-0.39, 0.29) is 0 Å². The minimum Gasteiger partial charge on any atom is -0.509 e. The highest BCUT2D eigenvalue weighted by atomic mass is 31.2. The Morgan fingerprint density at radius 1 is 1.30 bits per heavy atom. The second-order valence-electron chi connectivity index (χ2n) is 5.74. The van der Waals surface area contributed by atoms with E-state index in [1.165, 1.54) is 0 Å². The van der Waals surface area contributed by atoms with Crippen molar-refractivity contribution in [2.24, 2.45) is 0 Å². The maximum atomic E-state index is 12.4. The van der Waals surface area contributed by atoms with Gasteiger partial charge in [-0.2, -0.15) is 0 Å². The van der Waals surface area contributed by atoms with Crippen LogP contribution < -0.4 is 0 Å². The smallest absolute Gasteiger partial charge is 0.330 e. The highest BCUT2D eigenvalue weighted by Gasteiger charge is 2.22. The van der Waals surface area contributed by atoms with Crippen molar-refractivity contribution in [2.45, 2.75) is 33.6 Å². The molecule has 5 nitrogen and oxygen atoms in total. The Balaban J connectivity index is 2.76. The van der Waals surface area contributed by atoms with Gasteiger partial charge in [0, 0.05) is 23.6 Å². The molecule has 0 aromatic heterocycles. The Labute approximate surface area is 160 Å². The normalized spacial score (nSPS) is 11.8. The van der Waals surface area contributed by atoms with Crippen molar-refractivity contribution in [1.29, 1.82) is 0 Å². The molecule has 0 heterocycles. The summed E-state index contributed by atoms with van der Waals surface area (Å²) in [4.78, 5) is 12.0. The number of hydrogen-bond donors (Lipinski definition) is 1. The van der Waals surface area contributed by atoms with Crippen LogP contribution in [-0.4, -0.2) is 36.9 Å². The maximum Gasteiger partial charge on any atom is 0.330 e. The van der Waals surface area contributed by atoms with Crippen LogP contribution in [0.15, 0.2) is 30.0 Å². The van der Waals surface area contributed by atoms with Crippen molar-refractivity contribution in [1.82, 2.24) is 0 Å². The third kappa shape index (κ3) is 8.09. The van der Waals surface area contributed by atoms with Gasteiger partial charge in [-0.3, -0.25) is 9.36 Å². The number of benzene rings is 1. The minimum absolute atomic E-state index is 0.300. The number of unbranched alkanes of at least 4 members (excludes halogenated alkanes) is 1. The maximum absolute atomic E-state index is 12.4. The Morgan fingerprint density at radius 3 is 2.56 bits per heavy atom. The van der Waals surface area contributed by atoms with Gasteiger partial charge in [0.1, 0.15) is 12.4 Å². The summed E-state index contributed by atoms with van der Waals surface area (Å²) in [5, 5.41) is 9.15. The second-order valence-corrected chi connectivity index (χ2v) is 7.92. The first kappa shape index (κ1) is 23.1. The fourth-order valence-corrected chi connectivity index (χ4v) is 3.93. The number of ketones is 1. The summed E-state index contributed by atoms with van der Waals surface area (Å²) in [7, 11) is -3.05. The summed E-state index contributed by atoms with van der Waals surface area (Å²) >= 11 is 0. The first-order valence-corrected chi connectivity index (χ1v) is 10.6. The lowest BCUT2D eigenvalue weighted by molar-refractivity contribution is 0.104. The Hall–Kier alpha value is -1.93. The molecule has 1 N–H and O–H groups in total. The van der Waals surface area contributed by atoms with Crippen LogP contribution in [0.25, 0.3) is 0 Å². The van der Waals surface area contributed by atoms with Crippen molar-refractivity contribution in [3.8, 4) is 11.8 Å². The average molecular weight is 396 g/mol. The quantitative estimate of drug-likeness (QED) is 0.151. The molecular weight excluding hydrogens is 370 g/mol. The number of hydrogen-bond acceptors (Lipinski definition) is 5. The minimum atomic E-state index is -3.05. The van der Waals surface area contributed by atoms with Crippen molar-refractivity contribution < 1.29 is 27.9 Å². The van der Waals surface area contributed by atoms with Gasteiger partial charge in [-0.05, 0) is 38.8 Å². The van der Waals surface area contributed by atoms with Crippen molar-refractivity contribution in [3.63, 3.8) is 0 Å². The van der Waals surface area contributed by atoms with Crippen LogP contribution in [0.4, 0.5) is 4.39 Å². The number of allylic oxidation sites excluding steroid dienone is 2. The summed E-state index contributed by atoms with van der Waals surface area (Å²) in [6, 6.07) is 4.96. The second kappa shape index (κ2) is 11.7. The van der Waals surface area contributed by atoms with E-state index in [1.54, 1.807) is 32.0 Å². The van der Waals surface area contributed by atoms with Crippen LogP contribution in [0, 0.1) is 18.8 Å². The van der Waals surface area contributed by atoms with Crippen LogP contribution in [0.1, 0.15) is 48.2 Å².